The van der Waals surface area contributed by atoms with Crippen LogP contribution in [0.4, 0.5) is 5.69 Å². The van der Waals surface area contributed by atoms with Crippen molar-refractivity contribution in [2.45, 2.75) is 0 Å². The number of amides is 2. The molecule has 0 fully saturated rings. The van der Waals surface area contributed by atoms with Crippen LogP contribution in [-0.4, -0.2) is 30.3 Å². The van der Waals surface area contributed by atoms with E-state index in [2.05, 4.69) is 21.2 Å². The largest absolute Gasteiger partial charge is 0.332 e. The average molecular weight is 388 g/mol. The van der Waals surface area contributed by atoms with Gasteiger partial charge in [0.1, 0.15) is 0 Å². The van der Waals surface area contributed by atoms with Crippen LogP contribution in [0.3, 0.4) is 0 Å². The molecule has 1 heterocycles. The smallest absolute Gasteiger partial charge is 0.254 e. The van der Waals surface area contributed by atoms with Gasteiger partial charge in [-0.25, -0.2) is 0 Å². The second-order valence-electron chi connectivity index (χ2n) is 4.36. The number of anilines is 1. The number of nitrogens with zero attached hydrogens (tertiary/aromatic N) is 1. The van der Waals surface area contributed by atoms with Crippen LogP contribution in [0.25, 0.3) is 0 Å². The Morgan fingerprint density at radius 1 is 1.33 bits per heavy atom. The van der Waals surface area contributed by atoms with Gasteiger partial charge in [0, 0.05) is 23.1 Å². The topological polar surface area (TPSA) is 49.4 Å². The van der Waals surface area contributed by atoms with Crippen LogP contribution in [0.15, 0.2) is 39.5 Å². The predicted octanol–water partition coefficient (Wildman–Crippen LogP) is 3.87. The molecule has 0 aliphatic heterocycles. The number of hydrogen-bond donors (Lipinski definition) is 1. The van der Waals surface area contributed by atoms with Gasteiger partial charge in [-0.15, -0.1) is 11.3 Å². The molecule has 0 saturated carbocycles. The molecule has 0 saturated heterocycles. The highest BCUT2D eigenvalue weighted by Crippen LogP contribution is 2.21. The van der Waals surface area contributed by atoms with E-state index in [4.69, 9.17) is 11.6 Å². The lowest BCUT2D eigenvalue weighted by Gasteiger charge is -2.16. The zero-order chi connectivity index (χ0) is 15.4. The predicted molar refractivity (Wildman–Crippen MR) is 89.1 cm³/mol. The van der Waals surface area contributed by atoms with E-state index in [1.54, 1.807) is 42.8 Å². The molecule has 0 atom stereocenters. The number of halogens is 2. The maximum Gasteiger partial charge on any atom is 0.254 e. The van der Waals surface area contributed by atoms with Crippen molar-refractivity contribution in [1.82, 2.24) is 4.90 Å². The number of rotatable bonds is 4. The highest BCUT2D eigenvalue weighted by molar-refractivity contribution is 9.11. The van der Waals surface area contributed by atoms with E-state index in [0.717, 1.165) is 3.79 Å². The Morgan fingerprint density at radius 2 is 2.00 bits per heavy atom. The fourth-order valence-corrected chi connectivity index (χ4v) is 2.92. The van der Waals surface area contributed by atoms with E-state index < -0.39 is 0 Å². The summed E-state index contributed by atoms with van der Waals surface area (Å²) in [7, 11) is 1.59. The summed E-state index contributed by atoms with van der Waals surface area (Å²) in [6.45, 7) is -0.0189. The summed E-state index contributed by atoms with van der Waals surface area (Å²) in [5.41, 5.74) is 1.21. The molecule has 1 N–H and O–H groups in total. The summed E-state index contributed by atoms with van der Waals surface area (Å²) >= 11 is 10.5. The van der Waals surface area contributed by atoms with Gasteiger partial charge in [-0.2, -0.15) is 0 Å². The molecule has 0 bridgehead atoms. The lowest BCUT2D eigenvalue weighted by atomic mass is 10.3. The van der Waals surface area contributed by atoms with Crippen LogP contribution in [0.2, 0.25) is 5.02 Å². The molecule has 2 aromatic rings. The Labute approximate surface area is 139 Å². The van der Waals surface area contributed by atoms with Crippen molar-refractivity contribution < 1.29 is 9.59 Å². The fraction of sp³-hybridized carbons (Fsp3) is 0.143. The number of thiophene rings is 1. The van der Waals surface area contributed by atoms with Crippen LogP contribution in [0.1, 0.15) is 10.4 Å². The number of likely N-dealkylation sites (N-methyl/N-ethyl adjacent to an activating group) is 1. The summed E-state index contributed by atoms with van der Waals surface area (Å²) in [5.74, 6) is -0.453. The first-order valence-electron chi connectivity index (χ1n) is 6.00. The second kappa shape index (κ2) is 7.06. The molecule has 21 heavy (non-hydrogen) atoms. The highest BCUT2D eigenvalue weighted by Gasteiger charge is 2.16. The first-order valence-corrected chi connectivity index (χ1v) is 8.05. The Kier molecular flexibility index (Phi) is 5.39. The Bertz CT molecular complexity index is 657. The van der Waals surface area contributed by atoms with Crippen molar-refractivity contribution in [1.29, 1.82) is 0 Å². The molecule has 0 aliphatic carbocycles. The van der Waals surface area contributed by atoms with Gasteiger partial charge < -0.3 is 10.2 Å². The van der Waals surface area contributed by atoms with Gasteiger partial charge in [0.05, 0.1) is 15.9 Å². The number of carbonyl (C=O) groups excluding carboxylic acids is 2. The summed E-state index contributed by atoms with van der Waals surface area (Å²) in [5, 5.41) is 5.06. The Hall–Kier alpha value is -1.37. The molecule has 2 rings (SSSR count). The van der Waals surface area contributed by atoms with E-state index in [1.165, 1.54) is 16.2 Å². The molecule has 7 heteroatoms. The van der Waals surface area contributed by atoms with Crippen LogP contribution < -0.4 is 5.32 Å². The van der Waals surface area contributed by atoms with Gasteiger partial charge in [0.25, 0.3) is 5.91 Å². The number of nitrogens with one attached hydrogen (secondary N) is 1. The fourth-order valence-electron chi connectivity index (χ4n) is 1.66. The molecular weight excluding hydrogens is 376 g/mol. The van der Waals surface area contributed by atoms with Crippen LogP contribution in [0, 0.1) is 0 Å². The number of hydrogen-bond acceptors (Lipinski definition) is 3. The van der Waals surface area contributed by atoms with E-state index in [0.29, 0.717) is 16.3 Å². The van der Waals surface area contributed by atoms with E-state index in [1.807, 2.05) is 0 Å². The SMILES string of the molecule is CN(CC(=O)Nc1ccc(Cl)cc1)C(=O)c1csc(Br)c1. The molecule has 0 spiro atoms. The minimum Gasteiger partial charge on any atom is -0.332 e. The van der Waals surface area contributed by atoms with E-state index >= 15 is 0 Å². The standard InChI is InChI=1S/C14H12BrClN2O2S/c1-18(14(20)9-6-12(15)21-8-9)7-13(19)17-11-4-2-10(16)3-5-11/h2-6,8H,7H2,1H3,(H,17,19). The normalized spacial score (nSPS) is 10.2. The first-order chi connectivity index (χ1) is 9.95. The van der Waals surface area contributed by atoms with Gasteiger partial charge in [0.15, 0.2) is 0 Å². The van der Waals surface area contributed by atoms with Crippen molar-refractivity contribution in [3.8, 4) is 0 Å². The molecule has 0 aliphatic rings. The zero-order valence-corrected chi connectivity index (χ0v) is 14.3. The van der Waals surface area contributed by atoms with Crippen LogP contribution >= 0.6 is 38.9 Å². The molecule has 0 radical (unpaired) electrons. The minimum atomic E-state index is -0.262. The first kappa shape index (κ1) is 16.0. The summed E-state index contributed by atoms with van der Waals surface area (Å²) in [6, 6.07) is 8.53. The monoisotopic (exact) mass is 386 g/mol. The summed E-state index contributed by atoms with van der Waals surface area (Å²) in [6.07, 6.45) is 0. The van der Waals surface area contributed by atoms with Gasteiger partial charge in [-0.05, 0) is 46.3 Å². The number of benzene rings is 1. The third-order valence-corrected chi connectivity index (χ3v) is 4.43. The van der Waals surface area contributed by atoms with Crippen molar-refractivity contribution in [2.75, 3.05) is 18.9 Å². The van der Waals surface area contributed by atoms with E-state index in [9.17, 15) is 9.59 Å². The van der Waals surface area contributed by atoms with Gasteiger partial charge in [-0.1, -0.05) is 11.6 Å². The quantitative estimate of drug-likeness (QED) is 0.865. The molecule has 110 valence electrons. The maximum atomic E-state index is 12.1. The molecule has 2 amide bonds. The third-order valence-electron chi connectivity index (χ3n) is 2.67. The number of carbonyl (C=O) groups is 2. The zero-order valence-electron chi connectivity index (χ0n) is 11.1. The molecular formula is C14H12BrClN2O2S. The van der Waals surface area contributed by atoms with E-state index in [-0.39, 0.29) is 18.4 Å². The molecule has 1 aromatic carbocycles. The van der Waals surface area contributed by atoms with Gasteiger partial charge >= 0.3 is 0 Å². The van der Waals surface area contributed by atoms with Crippen LogP contribution in [-0.2, 0) is 4.79 Å². The summed E-state index contributed by atoms with van der Waals surface area (Å²) < 4.78 is 0.880. The molecule has 4 nitrogen and oxygen atoms in total. The Balaban J connectivity index is 1.92. The molecule has 1 aromatic heterocycles. The third kappa shape index (κ3) is 4.56. The maximum absolute atomic E-state index is 12.1. The van der Waals surface area contributed by atoms with Crippen molar-refractivity contribution in [3.63, 3.8) is 0 Å². The highest BCUT2D eigenvalue weighted by atomic mass is 79.9. The lowest BCUT2D eigenvalue weighted by Crippen LogP contribution is -2.34. The molecule has 0 unspecified atom stereocenters. The van der Waals surface area contributed by atoms with Crippen LogP contribution in [0.5, 0.6) is 0 Å². The van der Waals surface area contributed by atoms with Gasteiger partial charge in [-0.3, -0.25) is 9.59 Å². The van der Waals surface area contributed by atoms with Crippen molar-refractivity contribution >= 4 is 56.4 Å². The summed E-state index contributed by atoms with van der Waals surface area (Å²) in [4.78, 5) is 25.4. The van der Waals surface area contributed by atoms with Gasteiger partial charge in [0.2, 0.25) is 5.91 Å². The van der Waals surface area contributed by atoms with Crippen molar-refractivity contribution in [3.05, 3.63) is 50.1 Å². The van der Waals surface area contributed by atoms with Crippen molar-refractivity contribution in [2.24, 2.45) is 0 Å². The minimum absolute atomic E-state index is 0.0189. The second-order valence-corrected chi connectivity index (χ2v) is 7.08. The average Bonchev–Trinajstić information content (AvgIpc) is 2.87. The Morgan fingerprint density at radius 3 is 2.57 bits per heavy atom. The lowest BCUT2D eigenvalue weighted by molar-refractivity contribution is -0.116.